The van der Waals surface area contributed by atoms with E-state index < -0.39 is 11.7 Å². The molecule has 0 saturated heterocycles. The first kappa shape index (κ1) is 20.8. The molecule has 0 saturated carbocycles. The van der Waals surface area contributed by atoms with Crippen molar-refractivity contribution in [2.45, 2.75) is 45.4 Å². The smallest absolute Gasteiger partial charge is 0.407 e. The van der Waals surface area contributed by atoms with Crippen molar-refractivity contribution in [2.24, 2.45) is 0 Å². The number of nitrogens with zero attached hydrogens (tertiary/aromatic N) is 1. The van der Waals surface area contributed by atoms with Gasteiger partial charge in [-0.2, -0.15) is 0 Å². The molecule has 1 amide bonds. The number of carbonyl (C=O) groups is 1. The maximum atomic E-state index is 12.3. The Hall–Kier alpha value is -2.92. The lowest BCUT2D eigenvalue weighted by Gasteiger charge is -2.24. The SMILES string of the molecule is CC(C)(C)OC(=O)N[C@H](CNCc1ccc2cnccc2c1)Cc1ccccc1. The largest absolute Gasteiger partial charge is 0.444 e. The Bertz CT molecular complexity index is 936. The number of hydrogen-bond donors (Lipinski definition) is 2. The molecule has 3 aromatic rings. The molecule has 5 heteroatoms. The molecular weight excluding hydrogens is 362 g/mol. The van der Waals surface area contributed by atoms with Gasteiger partial charge in [0.1, 0.15) is 5.60 Å². The van der Waals surface area contributed by atoms with Crippen LogP contribution in [0.1, 0.15) is 31.9 Å². The van der Waals surface area contributed by atoms with Gasteiger partial charge < -0.3 is 15.4 Å². The molecule has 152 valence electrons. The fraction of sp³-hybridized carbons (Fsp3) is 0.333. The minimum atomic E-state index is -0.519. The van der Waals surface area contributed by atoms with Crippen LogP contribution in [0.3, 0.4) is 0 Å². The van der Waals surface area contributed by atoms with Crippen molar-refractivity contribution in [2.75, 3.05) is 6.54 Å². The van der Waals surface area contributed by atoms with Gasteiger partial charge >= 0.3 is 6.09 Å². The number of aromatic nitrogens is 1. The Labute approximate surface area is 172 Å². The van der Waals surface area contributed by atoms with Gasteiger partial charge in [-0.05, 0) is 55.8 Å². The van der Waals surface area contributed by atoms with Gasteiger partial charge in [-0.25, -0.2) is 4.79 Å². The summed E-state index contributed by atoms with van der Waals surface area (Å²) in [5, 5.41) is 8.78. The summed E-state index contributed by atoms with van der Waals surface area (Å²) in [7, 11) is 0. The minimum Gasteiger partial charge on any atom is -0.444 e. The highest BCUT2D eigenvalue weighted by Crippen LogP contribution is 2.14. The Kier molecular flexibility index (Phi) is 6.83. The fourth-order valence-corrected chi connectivity index (χ4v) is 3.18. The van der Waals surface area contributed by atoms with E-state index in [-0.39, 0.29) is 6.04 Å². The van der Waals surface area contributed by atoms with Crippen LogP contribution in [0.2, 0.25) is 0 Å². The van der Waals surface area contributed by atoms with Crippen LogP contribution in [0.5, 0.6) is 0 Å². The van der Waals surface area contributed by atoms with Crippen molar-refractivity contribution in [1.82, 2.24) is 15.6 Å². The second-order valence-electron chi connectivity index (χ2n) is 8.22. The quantitative estimate of drug-likeness (QED) is 0.624. The summed E-state index contributed by atoms with van der Waals surface area (Å²) >= 11 is 0. The van der Waals surface area contributed by atoms with Crippen molar-refractivity contribution in [3.05, 3.63) is 78.1 Å². The van der Waals surface area contributed by atoms with E-state index in [0.29, 0.717) is 6.54 Å². The maximum Gasteiger partial charge on any atom is 0.407 e. The highest BCUT2D eigenvalue weighted by Gasteiger charge is 2.19. The molecule has 0 bridgehead atoms. The molecule has 0 unspecified atom stereocenters. The van der Waals surface area contributed by atoms with E-state index in [1.165, 1.54) is 16.5 Å². The number of carbonyl (C=O) groups excluding carboxylic acids is 1. The second kappa shape index (κ2) is 9.52. The Morgan fingerprint density at radius 3 is 2.59 bits per heavy atom. The fourth-order valence-electron chi connectivity index (χ4n) is 3.18. The van der Waals surface area contributed by atoms with Gasteiger partial charge in [-0.1, -0.05) is 42.5 Å². The minimum absolute atomic E-state index is 0.0723. The number of amides is 1. The topological polar surface area (TPSA) is 63.2 Å². The third-order valence-electron chi connectivity index (χ3n) is 4.47. The summed E-state index contributed by atoms with van der Waals surface area (Å²) in [6.45, 7) is 6.97. The van der Waals surface area contributed by atoms with Gasteiger partial charge in [0.05, 0.1) is 0 Å². The molecule has 2 N–H and O–H groups in total. The number of hydrogen-bond acceptors (Lipinski definition) is 4. The lowest BCUT2D eigenvalue weighted by molar-refractivity contribution is 0.0504. The van der Waals surface area contributed by atoms with Crippen LogP contribution in [0.25, 0.3) is 10.8 Å². The number of fused-ring (bicyclic) bond motifs is 1. The zero-order valence-electron chi connectivity index (χ0n) is 17.3. The highest BCUT2D eigenvalue weighted by molar-refractivity contribution is 5.81. The molecule has 1 atom stereocenters. The van der Waals surface area contributed by atoms with E-state index in [2.05, 4.69) is 45.9 Å². The number of nitrogens with one attached hydrogen (secondary N) is 2. The van der Waals surface area contributed by atoms with Crippen LogP contribution in [-0.4, -0.2) is 29.3 Å². The molecule has 2 aromatic carbocycles. The van der Waals surface area contributed by atoms with Crippen molar-refractivity contribution in [3.63, 3.8) is 0 Å². The third kappa shape index (κ3) is 6.88. The summed E-state index contributed by atoms with van der Waals surface area (Å²) in [6, 6.07) is 18.4. The number of ether oxygens (including phenoxy) is 1. The van der Waals surface area contributed by atoms with E-state index in [4.69, 9.17) is 4.74 Å². The maximum absolute atomic E-state index is 12.3. The predicted octanol–water partition coefficient (Wildman–Crippen LogP) is 4.46. The van der Waals surface area contributed by atoms with Crippen LogP contribution in [0.15, 0.2) is 67.0 Å². The summed E-state index contributed by atoms with van der Waals surface area (Å²) in [5.41, 5.74) is 1.85. The Balaban J connectivity index is 1.61. The number of rotatable bonds is 7. The average molecular weight is 392 g/mol. The monoisotopic (exact) mass is 391 g/mol. The number of pyridine rings is 1. The number of benzene rings is 2. The molecule has 1 aromatic heterocycles. The summed E-state index contributed by atoms with van der Waals surface area (Å²) in [6.07, 6.45) is 4.02. The normalized spacial score (nSPS) is 12.5. The Morgan fingerprint density at radius 1 is 1.03 bits per heavy atom. The van der Waals surface area contributed by atoms with E-state index in [1.54, 1.807) is 6.20 Å². The van der Waals surface area contributed by atoms with E-state index in [0.717, 1.165) is 18.4 Å². The van der Waals surface area contributed by atoms with Crippen molar-refractivity contribution in [1.29, 1.82) is 0 Å². The molecule has 0 radical (unpaired) electrons. The molecule has 0 aliphatic rings. The van der Waals surface area contributed by atoms with Gasteiger partial charge in [-0.15, -0.1) is 0 Å². The third-order valence-corrected chi connectivity index (χ3v) is 4.47. The first-order chi connectivity index (χ1) is 13.9. The average Bonchev–Trinajstić information content (AvgIpc) is 2.67. The molecule has 3 rings (SSSR count). The van der Waals surface area contributed by atoms with Crippen LogP contribution in [0, 0.1) is 0 Å². The van der Waals surface area contributed by atoms with Gasteiger partial charge in [0.2, 0.25) is 0 Å². The lowest BCUT2D eigenvalue weighted by Crippen LogP contribution is -2.45. The van der Waals surface area contributed by atoms with Crippen LogP contribution >= 0.6 is 0 Å². The van der Waals surface area contributed by atoms with Crippen molar-refractivity contribution in [3.8, 4) is 0 Å². The molecule has 5 nitrogen and oxygen atoms in total. The van der Waals surface area contributed by atoms with Gasteiger partial charge in [0.25, 0.3) is 0 Å². The van der Waals surface area contributed by atoms with E-state index >= 15 is 0 Å². The molecule has 29 heavy (non-hydrogen) atoms. The van der Waals surface area contributed by atoms with Crippen LogP contribution in [-0.2, 0) is 17.7 Å². The lowest BCUT2D eigenvalue weighted by atomic mass is 10.1. The molecule has 0 spiro atoms. The van der Waals surface area contributed by atoms with E-state index in [9.17, 15) is 4.79 Å². The van der Waals surface area contributed by atoms with Crippen molar-refractivity contribution < 1.29 is 9.53 Å². The zero-order valence-corrected chi connectivity index (χ0v) is 17.3. The molecular formula is C24H29N3O2. The van der Waals surface area contributed by atoms with Crippen LogP contribution < -0.4 is 10.6 Å². The van der Waals surface area contributed by atoms with Gasteiger partial charge in [0, 0.05) is 36.9 Å². The van der Waals surface area contributed by atoms with Crippen LogP contribution in [0.4, 0.5) is 4.79 Å². The van der Waals surface area contributed by atoms with E-state index in [1.807, 2.05) is 51.2 Å². The number of alkyl carbamates (subject to hydrolysis) is 1. The second-order valence-corrected chi connectivity index (χ2v) is 8.22. The molecule has 1 heterocycles. The molecule has 0 aliphatic carbocycles. The first-order valence-electron chi connectivity index (χ1n) is 9.96. The standard InChI is InChI=1S/C24H29N3O2/c1-24(2,3)29-23(28)27-22(14-18-7-5-4-6-8-18)17-26-15-19-9-10-21-16-25-12-11-20(21)13-19/h4-13,16,22,26H,14-15,17H2,1-3H3,(H,27,28)/t22-/m0/s1. The summed E-state index contributed by atoms with van der Waals surface area (Å²) in [4.78, 5) is 16.4. The first-order valence-corrected chi connectivity index (χ1v) is 9.96. The van der Waals surface area contributed by atoms with Gasteiger partial charge in [-0.3, -0.25) is 4.98 Å². The van der Waals surface area contributed by atoms with Gasteiger partial charge in [0.15, 0.2) is 0 Å². The highest BCUT2D eigenvalue weighted by atomic mass is 16.6. The zero-order chi connectivity index (χ0) is 20.7. The molecule has 0 aliphatic heterocycles. The predicted molar refractivity (Wildman–Crippen MR) is 117 cm³/mol. The van der Waals surface area contributed by atoms with Crippen molar-refractivity contribution >= 4 is 16.9 Å². The molecule has 0 fully saturated rings. The summed E-state index contributed by atoms with van der Waals surface area (Å²) in [5.74, 6) is 0. The Morgan fingerprint density at radius 2 is 1.83 bits per heavy atom. The summed E-state index contributed by atoms with van der Waals surface area (Å²) < 4.78 is 5.43.